The van der Waals surface area contributed by atoms with Gasteiger partial charge in [0.05, 0.1) is 6.10 Å². The number of ether oxygens (including phenoxy) is 1. The van der Waals surface area contributed by atoms with Crippen molar-refractivity contribution in [3.63, 3.8) is 0 Å². The third-order valence-electron chi connectivity index (χ3n) is 2.15. The van der Waals surface area contributed by atoms with Crippen molar-refractivity contribution in [2.75, 3.05) is 17.3 Å². The zero-order valence-corrected chi connectivity index (χ0v) is 11.2. The largest absolute Gasteiger partial charge is 0.461 e. The Morgan fingerprint density at radius 3 is 2.50 bits per heavy atom. The molecule has 0 radical (unpaired) electrons. The molecule has 1 aromatic rings. The van der Waals surface area contributed by atoms with E-state index in [4.69, 9.17) is 10.6 Å². The van der Waals surface area contributed by atoms with Crippen molar-refractivity contribution in [3.8, 4) is 6.01 Å². The summed E-state index contributed by atoms with van der Waals surface area (Å²) in [4.78, 5) is 12.3. The van der Waals surface area contributed by atoms with Gasteiger partial charge in [0, 0.05) is 6.54 Å². The minimum atomic E-state index is 0.00552. The highest BCUT2D eigenvalue weighted by molar-refractivity contribution is 5.34. The van der Waals surface area contributed by atoms with Crippen molar-refractivity contribution in [1.82, 2.24) is 15.0 Å². The van der Waals surface area contributed by atoms with Crippen molar-refractivity contribution in [2.24, 2.45) is 5.84 Å². The molecule has 102 valence electrons. The average molecular weight is 254 g/mol. The van der Waals surface area contributed by atoms with Crippen molar-refractivity contribution < 1.29 is 4.74 Å². The molecule has 18 heavy (non-hydrogen) atoms. The number of hydrogen-bond acceptors (Lipinski definition) is 7. The number of hydrogen-bond donors (Lipinski definition) is 3. The zero-order chi connectivity index (χ0) is 13.4. The van der Waals surface area contributed by atoms with Crippen LogP contribution < -0.4 is 21.3 Å². The molecule has 0 aliphatic carbocycles. The van der Waals surface area contributed by atoms with Crippen LogP contribution in [0.25, 0.3) is 0 Å². The molecule has 1 heterocycles. The van der Waals surface area contributed by atoms with E-state index in [0.717, 1.165) is 13.0 Å². The first kappa shape index (κ1) is 14.4. The van der Waals surface area contributed by atoms with Crippen LogP contribution in [-0.2, 0) is 0 Å². The van der Waals surface area contributed by atoms with E-state index in [1.165, 1.54) is 12.8 Å². The van der Waals surface area contributed by atoms with Gasteiger partial charge >= 0.3 is 6.01 Å². The third-order valence-corrected chi connectivity index (χ3v) is 2.15. The molecule has 4 N–H and O–H groups in total. The lowest BCUT2D eigenvalue weighted by atomic mass is 10.2. The monoisotopic (exact) mass is 254 g/mol. The maximum Gasteiger partial charge on any atom is 0.323 e. The highest BCUT2D eigenvalue weighted by Gasteiger charge is 2.07. The second-order valence-electron chi connectivity index (χ2n) is 4.21. The van der Waals surface area contributed by atoms with E-state index in [1.54, 1.807) is 0 Å². The van der Waals surface area contributed by atoms with E-state index in [2.05, 4.69) is 32.6 Å². The Morgan fingerprint density at radius 1 is 1.17 bits per heavy atom. The second-order valence-corrected chi connectivity index (χ2v) is 4.21. The van der Waals surface area contributed by atoms with E-state index in [1.807, 2.05) is 13.8 Å². The first-order chi connectivity index (χ1) is 8.65. The summed E-state index contributed by atoms with van der Waals surface area (Å²) in [5, 5.41) is 3.13. The van der Waals surface area contributed by atoms with Crippen molar-refractivity contribution >= 4 is 11.9 Å². The average Bonchev–Trinajstić information content (AvgIpc) is 2.33. The molecule has 0 amide bonds. The SMILES string of the molecule is CCCCCNc1nc(NN)nc(OC(C)C)n1. The number of nitrogens with zero attached hydrogens (tertiary/aromatic N) is 3. The first-order valence-corrected chi connectivity index (χ1v) is 6.29. The van der Waals surface area contributed by atoms with Crippen LogP contribution in [0.2, 0.25) is 0 Å². The molecule has 0 aliphatic heterocycles. The summed E-state index contributed by atoms with van der Waals surface area (Å²) in [6.45, 7) is 6.80. The summed E-state index contributed by atoms with van der Waals surface area (Å²) in [6, 6.07) is 0.269. The minimum absolute atomic E-state index is 0.00552. The Bertz CT molecular complexity index is 357. The van der Waals surface area contributed by atoms with E-state index in [9.17, 15) is 0 Å². The molecule has 7 heteroatoms. The van der Waals surface area contributed by atoms with Crippen LogP contribution in [0.3, 0.4) is 0 Å². The summed E-state index contributed by atoms with van der Waals surface area (Å²) in [5.74, 6) is 6.08. The lowest BCUT2D eigenvalue weighted by molar-refractivity contribution is 0.222. The van der Waals surface area contributed by atoms with Crippen LogP contribution in [-0.4, -0.2) is 27.6 Å². The van der Waals surface area contributed by atoms with Gasteiger partial charge in [0.15, 0.2) is 0 Å². The molecule has 0 aliphatic rings. The van der Waals surface area contributed by atoms with E-state index < -0.39 is 0 Å². The Morgan fingerprint density at radius 2 is 1.89 bits per heavy atom. The van der Waals surface area contributed by atoms with Crippen LogP contribution in [0.5, 0.6) is 6.01 Å². The minimum Gasteiger partial charge on any atom is -0.461 e. The standard InChI is InChI=1S/C11H22N6O/c1-4-5-6-7-13-9-14-10(17-12)16-11(15-9)18-8(2)3/h8H,4-7,12H2,1-3H3,(H2,13,14,15,16,17). The van der Waals surface area contributed by atoms with E-state index in [0.29, 0.717) is 11.9 Å². The lowest BCUT2D eigenvalue weighted by Crippen LogP contribution is -2.16. The number of nitrogens with two attached hydrogens (primary N) is 1. The van der Waals surface area contributed by atoms with Gasteiger partial charge in [-0.25, -0.2) is 5.84 Å². The fourth-order valence-corrected chi connectivity index (χ4v) is 1.34. The third kappa shape index (κ3) is 5.13. The van der Waals surface area contributed by atoms with E-state index >= 15 is 0 Å². The van der Waals surface area contributed by atoms with Gasteiger partial charge in [0.2, 0.25) is 11.9 Å². The van der Waals surface area contributed by atoms with Crippen LogP contribution >= 0.6 is 0 Å². The fraction of sp³-hybridized carbons (Fsp3) is 0.727. The summed E-state index contributed by atoms with van der Waals surface area (Å²) in [7, 11) is 0. The lowest BCUT2D eigenvalue weighted by Gasteiger charge is -2.10. The Labute approximate surface area is 108 Å². The molecule has 0 atom stereocenters. The quantitative estimate of drug-likeness (QED) is 0.368. The predicted molar refractivity (Wildman–Crippen MR) is 71.4 cm³/mol. The molecule has 0 saturated heterocycles. The highest BCUT2D eigenvalue weighted by atomic mass is 16.5. The molecule has 1 aromatic heterocycles. The van der Waals surface area contributed by atoms with Crippen LogP contribution in [0.4, 0.5) is 11.9 Å². The number of anilines is 2. The summed E-state index contributed by atoms with van der Waals surface area (Å²) in [6.07, 6.45) is 3.44. The molecule has 1 rings (SSSR count). The van der Waals surface area contributed by atoms with Crippen LogP contribution in [0, 0.1) is 0 Å². The molecule has 0 saturated carbocycles. The van der Waals surface area contributed by atoms with Gasteiger partial charge in [0.1, 0.15) is 0 Å². The van der Waals surface area contributed by atoms with Gasteiger partial charge in [-0.15, -0.1) is 0 Å². The first-order valence-electron chi connectivity index (χ1n) is 6.29. The maximum absolute atomic E-state index is 5.43. The van der Waals surface area contributed by atoms with Gasteiger partial charge in [-0.1, -0.05) is 19.8 Å². The zero-order valence-electron chi connectivity index (χ0n) is 11.2. The van der Waals surface area contributed by atoms with Gasteiger partial charge in [-0.05, 0) is 20.3 Å². The molecule has 0 spiro atoms. The molecule has 7 nitrogen and oxygen atoms in total. The van der Waals surface area contributed by atoms with Crippen molar-refractivity contribution in [1.29, 1.82) is 0 Å². The highest BCUT2D eigenvalue weighted by Crippen LogP contribution is 2.11. The molecular weight excluding hydrogens is 232 g/mol. The number of unbranched alkanes of at least 4 members (excludes halogenated alkanes) is 2. The van der Waals surface area contributed by atoms with Crippen LogP contribution in [0.1, 0.15) is 40.0 Å². The Balaban J connectivity index is 2.64. The molecule has 0 fully saturated rings. The number of aromatic nitrogens is 3. The molecular formula is C11H22N6O. The number of rotatable bonds is 8. The van der Waals surface area contributed by atoms with Gasteiger partial charge in [-0.3, -0.25) is 5.43 Å². The second kappa shape index (κ2) is 7.65. The number of nitrogen functional groups attached to an aromatic ring is 1. The van der Waals surface area contributed by atoms with Crippen molar-refractivity contribution in [3.05, 3.63) is 0 Å². The topological polar surface area (TPSA) is 98.0 Å². The molecule has 0 bridgehead atoms. The summed E-state index contributed by atoms with van der Waals surface area (Å²) < 4.78 is 5.43. The molecule has 0 unspecified atom stereocenters. The number of hydrazine groups is 1. The van der Waals surface area contributed by atoms with Gasteiger partial charge < -0.3 is 10.1 Å². The Kier molecular flexibility index (Phi) is 6.13. The normalized spacial score (nSPS) is 10.5. The predicted octanol–water partition coefficient (Wildman–Crippen LogP) is 1.55. The van der Waals surface area contributed by atoms with Gasteiger partial charge in [-0.2, -0.15) is 15.0 Å². The van der Waals surface area contributed by atoms with E-state index in [-0.39, 0.29) is 12.1 Å². The van der Waals surface area contributed by atoms with Gasteiger partial charge in [0.25, 0.3) is 0 Å². The number of nitrogens with one attached hydrogen (secondary N) is 2. The smallest absolute Gasteiger partial charge is 0.323 e. The van der Waals surface area contributed by atoms with Crippen molar-refractivity contribution in [2.45, 2.75) is 46.1 Å². The summed E-state index contributed by atoms with van der Waals surface area (Å²) in [5.41, 5.74) is 2.40. The molecule has 0 aromatic carbocycles. The Hall–Kier alpha value is -1.63. The maximum atomic E-state index is 5.43. The van der Waals surface area contributed by atoms with Crippen LogP contribution in [0.15, 0.2) is 0 Å². The summed E-state index contributed by atoms with van der Waals surface area (Å²) >= 11 is 0. The fourth-order valence-electron chi connectivity index (χ4n) is 1.34.